The highest BCUT2D eigenvalue weighted by atomic mass is 32.2. The third-order valence-electron chi connectivity index (χ3n) is 6.14. The van der Waals surface area contributed by atoms with Crippen molar-refractivity contribution in [2.45, 2.75) is 4.90 Å². The van der Waals surface area contributed by atoms with Gasteiger partial charge in [-0.2, -0.15) is 0 Å². The Morgan fingerprint density at radius 2 is 1.49 bits per heavy atom. The van der Waals surface area contributed by atoms with E-state index in [4.69, 9.17) is 4.74 Å². The predicted molar refractivity (Wildman–Crippen MR) is 166 cm³/mol. The van der Waals surface area contributed by atoms with E-state index in [0.717, 1.165) is 16.1 Å². The summed E-state index contributed by atoms with van der Waals surface area (Å²) < 4.78 is 5.29. The van der Waals surface area contributed by atoms with Crippen LogP contribution in [0.15, 0.2) is 114 Å². The van der Waals surface area contributed by atoms with Crippen molar-refractivity contribution in [1.82, 2.24) is 5.32 Å². The number of nitrogens with one attached hydrogen (secondary N) is 2. The molecule has 4 rings (SSSR count). The zero-order valence-corrected chi connectivity index (χ0v) is 23.9. The van der Waals surface area contributed by atoms with Gasteiger partial charge in [0, 0.05) is 35.9 Å². The minimum absolute atomic E-state index is 0.0348. The summed E-state index contributed by atoms with van der Waals surface area (Å²) in [5.41, 5.74) is 3.43. The number of benzene rings is 4. The molecule has 4 aromatic carbocycles. The summed E-state index contributed by atoms with van der Waals surface area (Å²) >= 11 is 1.40. The van der Waals surface area contributed by atoms with Crippen molar-refractivity contribution in [1.29, 1.82) is 0 Å². The predicted octanol–water partition coefficient (Wildman–Crippen LogP) is 6.15. The largest absolute Gasteiger partial charge is 0.496 e. The molecule has 0 aliphatic carbocycles. The highest BCUT2D eigenvalue weighted by molar-refractivity contribution is 8.00. The molecule has 41 heavy (non-hydrogen) atoms. The van der Waals surface area contributed by atoms with Gasteiger partial charge < -0.3 is 20.3 Å². The number of anilines is 2. The molecule has 0 aromatic heterocycles. The molecule has 0 atom stereocenters. The fourth-order valence-electron chi connectivity index (χ4n) is 3.91. The second-order valence-electron chi connectivity index (χ2n) is 9.25. The molecule has 0 heterocycles. The molecule has 2 N–H and O–H groups in total. The van der Waals surface area contributed by atoms with Crippen molar-refractivity contribution in [3.63, 3.8) is 0 Å². The summed E-state index contributed by atoms with van der Waals surface area (Å²) in [6.07, 6.45) is 1.64. The summed E-state index contributed by atoms with van der Waals surface area (Å²) in [6, 6.07) is 30.7. The number of ketones is 1. The van der Waals surface area contributed by atoms with Crippen LogP contribution in [-0.4, -0.2) is 44.6 Å². The molecule has 0 saturated heterocycles. The zero-order valence-electron chi connectivity index (χ0n) is 23.1. The SMILES string of the molecule is COc1ccccc1C(=O)CSc1ccc(NC(=O)/C(=C/c2ccc(N(C)C)cc2)NC(=O)c2ccccc2)cc1. The van der Waals surface area contributed by atoms with Gasteiger partial charge in [0.15, 0.2) is 5.78 Å². The van der Waals surface area contributed by atoms with E-state index >= 15 is 0 Å². The van der Waals surface area contributed by atoms with Gasteiger partial charge >= 0.3 is 0 Å². The van der Waals surface area contributed by atoms with Crippen LogP contribution in [0.1, 0.15) is 26.3 Å². The van der Waals surface area contributed by atoms with Gasteiger partial charge in [-0.1, -0.05) is 42.5 Å². The molecular formula is C33H31N3O4S. The average molecular weight is 566 g/mol. The van der Waals surface area contributed by atoms with E-state index in [9.17, 15) is 14.4 Å². The number of nitrogens with zero attached hydrogens (tertiary/aromatic N) is 1. The van der Waals surface area contributed by atoms with Gasteiger partial charge in [0.25, 0.3) is 11.8 Å². The van der Waals surface area contributed by atoms with E-state index in [-0.39, 0.29) is 23.1 Å². The molecule has 8 heteroatoms. The lowest BCUT2D eigenvalue weighted by molar-refractivity contribution is -0.113. The maximum atomic E-state index is 13.3. The molecule has 7 nitrogen and oxygen atoms in total. The Labute approximate surface area is 244 Å². The summed E-state index contributed by atoms with van der Waals surface area (Å²) in [5, 5.41) is 5.61. The number of methoxy groups -OCH3 is 1. The van der Waals surface area contributed by atoms with Crippen LogP contribution in [0.4, 0.5) is 11.4 Å². The van der Waals surface area contributed by atoms with Crippen LogP contribution >= 0.6 is 11.8 Å². The number of carbonyl (C=O) groups excluding carboxylic acids is 3. The van der Waals surface area contributed by atoms with E-state index in [0.29, 0.717) is 22.6 Å². The van der Waals surface area contributed by atoms with Crippen LogP contribution in [-0.2, 0) is 4.79 Å². The van der Waals surface area contributed by atoms with E-state index < -0.39 is 5.91 Å². The maximum Gasteiger partial charge on any atom is 0.272 e. The van der Waals surface area contributed by atoms with Crippen LogP contribution in [0.2, 0.25) is 0 Å². The maximum absolute atomic E-state index is 13.3. The number of hydrogen-bond donors (Lipinski definition) is 2. The van der Waals surface area contributed by atoms with Crippen molar-refractivity contribution in [3.05, 3.63) is 126 Å². The first-order valence-corrected chi connectivity index (χ1v) is 13.9. The summed E-state index contributed by atoms with van der Waals surface area (Å²) in [4.78, 5) is 41.7. The molecule has 0 unspecified atom stereocenters. The second kappa shape index (κ2) is 14.0. The van der Waals surface area contributed by atoms with E-state index in [1.165, 1.54) is 11.8 Å². The molecule has 0 saturated carbocycles. The fraction of sp³-hybridized carbons (Fsp3) is 0.121. The van der Waals surface area contributed by atoms with E-state index in [1.54, 1.807) is 61.7 Å². The van der Waals surface area contributed by atoms with E-state index in [2.05, 4.69) is 10.6 Å². The minimum atomic E-state index is -0.460. The van der Waals surface area contributed by atoms with Crippen molar-refractivity contribution in [2.75, 3.05) is 37.2 Å². The molecule has 0 aliphatic heterocycles. The Balaban J connectivity index is 1.46. The molecule has 0 radical (unpaired) electrons. The number of para-hydroxylation sites is 1. The number of carbonyl (C=O) groups is 3. The summed E-state index contributed by atoms with van der Waals surface area (Å²) in [6.45, 7) is 0. The molecule has 208 valence electrons. The Morgan fingerprint density at radius 1 is 0.829 bits per heavy atom. The first-order chi connectivity index (χ1) is 19.8. The number of thioether (sulfide) groups is 1. The van der Waals surface area contributed by atoms with Crippen LogP contribution < -0.4 is 20.3 Å². The van der Waals surface area contributed by atoms with Crippen LogP contribution in [0.25, 0.3) is 6.08 Å². The molecule has 0 bridgehead atoms. The number of hydrogen-bond acceptors (Lipinski definition) is 6. The summed E-state index contributed by atoms with van der Waals surface area (Å²) in [7, 11) is 5.44. The Morgan fingerprint density at radius 3 is 2.15 bits per heavy atom. The molecule has 0 aliphatic rings. The number of ether oxygens (including phenoxy) is 1. The summed E-state index contributed by atoms with van der Waals surface area (Å²) in [5.74, 6) is -0.0848. The van der Waals surface area contributed by atoms with Gasteiger partial charge in [0.05, 0.1) is 18.4 Å². The van der Waals surface area contributed by atoms with E-state index in [1.807, 2.05) is 73.6 Å². The van der Waals surface area contributed by atoms with Gasteiger partial charge in [0.1, 0.15) is 11.4 Å². The topological polar surface area (TPSA) is 87.7 Å². The van der Waals surface area contributed by atoms with Gasteiger partial charge in [-0.15, -0.1) is 11.8 Å². The lowest BCUT2D eigenvalue weighted by Gasteiger charge is -2.13. The lowest BCUT2D eigenvalue weighted by atomic mass is 10.1. The number of rotatable bonds is 11. The molecular weight excluding hydrogens is 534 g/mol. The zero-order chi connectivity index (χ0) is 29.2. The first-order valence-electron chi connectivity index (χ1n) is 12.9. The molecule has 2 amide bonds. The smallest absolute Gasteiger partial charge is 0.272 e. The first kappa shape index (κ1) is 29.2. The minimum Gasteiger partial charge on any atom is -0.496 e. The van der Waals surface area contributed by atoms with Crippen LogP contribution in [0.3, 0.4) is 0 Å². The van der Waals surface area contributed by atoms with Crippen LogP contribution in [0.5, 0.6) is 5.75 Å². The number of amides is 2. The molecule has 0 spiro atoms. The Bertz CT molecular complexity index is 1530. The Hall–Kier alpha value is -4.82. The number of Topliss-reactive ketones (excluding diaryl/α,β-unsaturated/α-hetero) is 1. The average Bonchev–Trinajstić information content (AvgIpc) is 3.00. The lowest BCUT2D eigenvalue weighted by Crippen LogP contribution is -2.30. The molecule has 0 fully saturated rings. The third-order valence-corrected chi connectivity index (χ3v) is 7.15. The van der Waals surface area contributed by atoms with Crippen molar-refractivity contribution in [3.8, 4) is 5.75 Å². The van der Waals surface area contributed by atoms with Gasteiger partial charge in [-0.3, -0.25) is 14.4 Å². The quantitative estimate of drug-likeness (QED) is 0.129. The van der Waals surface area contributed by atoms with Crippen molar-refractivity contribution >= 4 is 46.8 Å². The highest BCUT2D eigenvalue weighted by Gasteiger charge is 2.16. The van der Waals surface area contributed by atoms with Gasteiger partial charge in [-0.05, 0) is 72.3 Å². The standard InChI is InChI=1S/C33H31N3O4S/c1-36(2)26-17-13-23(14-18-26)21-29(35-32(38)24-9-5-4-6-10-24)33(39)34-25-15-19-27(20-16-25)41-22-30(37)28-11-7-8-12-31(28)40-3/h4-21H,22H2,1-3H3,(H,34,39)(H,35,38)/b29-21-. The van der Waals surface area contributed by atoms with Crippen LogP contribution in [0, 0.1) is 0 Å². The highest BCUT2D eigenvalue weighted by Crippen LogP contribution is 2.25. The fourth-order valence-corrected chi connectivity index (χ4v) is 4.69. The third kappa shape index (κ3) is 8.09. The molecule has 4 aromatic rings. The monoisotopic (exact) mass is 565 g/mol. The van der Waals surface area contributed by atoms with Gasteiger partial charge in [-0.25, -0.2) is 0 Å². The van der Waals surface area contributed by atoms with Crippen molar-refractivity contribution in [2.24, 2.45) is 0 Å². The van der Waals surface area contributed by atoms with Crippen molar-refractivity contribution < 1.29 is 19.1 Å². The second-order valence-corrected chi connectivity index (χ2v) is 10.3. The normalized spacial score (nSPS) is 11.0. The Kier molecular flexibility index (Phi) is 9.96. The van der Waals surface area contributed by atoms with Gasteiger partial charge in [0.2, 0.25) is 0 Å².